The van der Waals surface area contributed by atoms with Crippen molar-refractivity contribution in [3.8, 4) is 5.75 Å². The lowest BCUT2D eigenvalue weighted by molar-refractivity contribution is -0.245. The van der Waals surface area contributed by atoms with Crippen molar-refractivity contribution in [2.75, 3.05) is 20.0 Å². The number of ether oxygens (including phenoxy) is 4. The van der Waals surface area contributed by atoms with Crippen LogP contribution in [0.15, 0.2) is 108 Å². The van der Waals surface area contributed by atoms with Crippen molar-refractivity contribution in [3.63, 3.8) is 0 Å². The fourth-order valence-electron chi connectivity index (χ4n) is 5.31. The molecule has 2 amide bonds. The van der Waals surface area contributed by atoms with Crippen LogP contribution >= 0.6 is 11.8 Å². The highest BCUT2D eigenvalue weighted by Crippen LogP contribution is 2.40. The lowest BCUT2D eigenvalue weighted by atomic mass is 10.0. The Labute approximate surface area is 279 Å². The molecule has 4 atom stereocenters. The van der Waals surface area contributed by atoms with Crippen molar-refractivity contribution in [1.82, 2.24) is 10.6 Å². The third kappa shape index (κ3) is 9.59. The summed E-state index contributed by atoms with van der Waals surface area (Å²) < 4.78 is 23.4. The zero-order valence-electron chi connectivity index (χ0n) is 26.5. The fourth-order valence-corrected chi connectivity index (χ4v) is 6.36. The minimum Gasteiger partial charge on any atom is -0.496 e. The third-order valence-corrected chi connectivity index (χ3v) is 9.07. The summed E-state index contributed by atoms with van der Waals surface area (Å²) in [4.78, 5) is 26.1. The van der Waals surface area contributed by atoms with Gasteiger partial charge in [0.2, 0.25) is 0 Å². The fraction of sp³-hybridized carbons (Fsp3) is 0.297. The number of urea groups is 1. The highest BCUT2D eigenvalue weighted by atomic mass is 32.2. The van der Waals surface area contributed by atoms with Crippen LogP contribution in [0.2, 0.25) is 0 Å². The van der Waals surface area contributed by atoms with Crippen LogP contribution in [0, 0.1) is 0 Å². The SMILES string of the molecule is COC(=O)[C@H](Cc1ccccc1)NC(=O)NCc1ccc([C@H]2O[C@@H](CSc3ccccc3OC)C[C@@H](c3ccc(CO)cc3)O2)cc1. The van der Waals surface area contributed by atoms with Crippen LogP contribution in [-0.2, 0) is 38.6 Å². The average molecular weight is 657 g/mol. The first kappa shape index (κ1) is 34.0. The molecule has 9 nitrogen and oxygen atoms in total. The summed E-state index contributed by atoms with van der Waals surface area (Å²) in [5.41, 5.74) is 4.51. The number of nitrogens with one attached hydrogen (secondary N) is 2. The van der Waals surface area contributed by atoms with E-state index in [1.165, 1.54) is 7.11 Å². The predicted octanol–water partition coefficient (Wildman–Crippen LogP) is 6.11. The summed E-state index contributed by atoms with van der Waals surface area (Å²) in [6, 6.07) is 31.6. The molecule has 0 aromatic heterocycles. The number of carbonyl (C=O) groups excluding carboxylic acids is 2. The Hall–Kier alpha value is -4.35. The molecule has 1 fully saturated rings. The van der Waals surface area contributed by atoms with Gasteiger partial charge in [-0.25, -0.2) is 9.59 Å². The summed E-state index contributed by atoms with van der Waals surface area (Å²) in [6.45, 7) is 0.244. The molecular formula is C37H40N2O7S. The predicted molar refractivity (Wildman–Crippen MR) is 180 cm³/mol. The van der Waals surface area contributed by atoms with Crippen LogP contribution in [0.3, 0.4) is 0 Å². The Morgan fingerprint density at radius 3 is 2.23 bits per heavy atom. The van der Waals surface area contributed by atoms with Crippen molar-refractivity contribution in [1.29, 1.82) is 0 Å². The maximum atomic E-state index is 12.7. The van der Waals surface area contributed by atoms with Gasteiger partial charge in [-0.15, -0.1) is 11.8 Å². The number of esters is 1. The molecule has 246 valence electrons. The Balaban J connectivity index is 1.22. The van der Waals surface area contributed by atoms with E-state index in [0.29, 0.717) is 18.6 Å². The second kappa shape index (κ2) is 17.0. The van der Waals surface area contributed by atoms with E-state index in [1.54, 1.807) is 18.9 Å². The summed E-state index contributed by atoms with van der Waals surface area (Å²) in [6.07, 6.45) is 0.0921. The summed E-state index contributed by atoms with van der Waals surface area (Å²) in [5, 5.41) is 15.1. The maximum absolute atomic E-state index is 12.7. The molecular weight excluding hydrogens is 616 g/mol. The summed E-state index contributed by atoms with van der Waals surface area (Å²) in [5.74, 6) is 1.02. The minimum absolute atomic E-state index is 0.0157. The van der Waals surface area contributed by atoms with E-state index in [-0.39, 0.29) is 25.4 Å². The van der Waals surface area contributed by atoms with Crippen molar-refractivity contribution in [2.45, 2.75) is 55.4 Å². The molecule has 0 saturated carbocycles. The molecule has 1 saturated heterocycles. The van der Waals surface area contributed by atoms with E-state index >= 15 is 0 Å². The molecule has 4 aromatic carbocycles. The van der Waals surface area contributed by atoms with Crippen LogP contribution in [0.4, 0.5) is 4.79 Å². The van der Waals surface area contributed by atoms with Crippen LogP contribution in [0.25, 0.3) is 0 Å². The number of benzene rings is 4. The number of methoxy groups -OCH3 is 2. The highest BCUT2D eigenvalue weighted by Gasteiger charge is 2.32. The maximum Gasteiger partial charge on any atom is 0.328 e. The number of aliphatic hydroxyl groups is 1. The van der Waals surface area contributed by atoms with E-state index in [9.17, 15) is 14.7 Å². The number of amides is 2. The van der Waals surface area contributed by atoms with Gasteiger partial charge in [-0.1, -0.05) is 91.0 Å². The number of hydrogen-bond donors (Lipinski definition) is 3. The molecule has 47 heavy (non-hydrogen) atoms. The lowest BCUT2D eigenvalue weighted by Crippen LogP contribution is -2.47. The molecule has 1 aliphatic rings. The van der Waals surface area contributed by atoms with Crippen molar-refractivity contribution >= 4 is 23.8 Å². The first-order valence-electron chi connectivity index (χ1n) is 15.5. The standard InChI is InChI=1S/C37H40N2O7S/c1-43-32-10-6-7-11-34(32)47-24-30-21-33(28-16-14-27(23-40)15-17-28)46-36(45-30)29-18-12-26(13-19-29)22-38-37(42)39-31(35(41)44-2)20-25-8-4-3-5-9-25/h3-19,30-31,33,36,40H,20-24H2,1-2H3,(H2,38,39,42)/t30-,31+,33+,36+/m1/s1. The zero-order chi connectivity index (χ0) is 33.0. The largest absolute Gasteiger partial charge is 0.496 e. The second-order valence-corrected chi connectivity index (χ2v) is 12.2. The number of hydrogen-bond acceptors (Lipinski definition) is 8. The third-order valence-electron chi connectivity index (χ3n) is 7.89. The van der Waals surface area contributed by atoms with Gasteiger partial charge < -0.3 is 34.7 Å². The van der Waals surface area contributed by atoms with Gasteiger partial charge in [-0.3, -0.25) is 0 Å². The number of aliphatic hydroxyl groups excluding tert-OH is 1. The molecule has 4 aromatic rings. The molecule has 0 unspecified atom stereocenters. The van der Waals surface area contributed by atoms with Gasteiger partial charge in [0.15, 0.2) is 6.29 Å². The number of thioether (sulfide) groups is 1. The van der Waals surface area contributed by atoms with Gasteiger partial charge >= 0.3 is 12.0 Å². The second-order valence-electron chi connectivity index (χ2n) is 11.1. The van der Waals surface area contributed by atoms with Gasteiger partial charge in [0.25, 0.3) is 0 Å². The van der Waals surface area contributed by atoms with Crippen LogP contribution < -0.4 is 15.4 Å². The molecule has 0 spiro atoms. The van der Waals surface area contributed by atoms with Gasteiger partial charge in [-0.2, -0.15) is 0 Å². The van der Waals surface area contributed by atoms with Crippen molar-refractivity contribution < 1.29 is 33.6 Å². The van der Waals surface area contributed by atoms with Gasteiger partial charge in [0.05, 0.1) is 33.0 Å². The van der Waals surface area contributed by atoms with Crippen LogP contribution in [0.5, 0.6) is 5.75 Å². The summed E-state index contributed by atoms with van der Waals surface area (Å²) in [7, 11) is 2.97. The van der Waals surface area contributed by atoms with Gasteiger partial charge in [0, 0.05) is 35.6 Å². The monoisotopic (exact) mass is 656 g/mol. The van der Waals surface area contributed by atoms with Crippen molar-refractivity contribution in [3.05, 3.63) is 131 Å². The molecule has 0 bridgehead atoms. The van der Waals surface area contributed by atoms with Crippen molar-refractivity contribution in [2.24, 2.45) is 0 Å². The van der Waals surface area contributed by atoms with E-state index in [2.05, 4.69) is 10.6 Å². The van der Waals surface area contributed by atoms with Gasteiger partial charge in [0.1, 0.15) is 11.8 Å². The smallest absolute Gasteiger partial charge is 0.328 e. The molecule has 1 aliphatic heterocycles. The van der Waals surface area contributed by atoms with E-state index in [1.807, 2.05) is 103 Å². The minimum atomic E-state index is -0.813. The van der Waals surface area contributed by atoms with Crippen LogP contribution in [0.1, 0.15) is 46.6 Å². The Morgan fingerprint density at radius 2 is 1.53 bits per heavy atom. The number of rotatable bonds is 13. The molecule has 10 heteroatoms. The normalized spacial score (nSPS) is 18.1. The Bertz CT molecular complexity index is 1580. The topological polar surface area (TPSA) is 115 Å². The molecule has 0 aliphatic carbocycles. The van der Waals surface area contributed by atoms with Crippen LogP contribution in [-0.4, -0.2) is 49.2 Å². The first-order chi connectivity index (χ1) is 22.9. The van der Waals surface area contributed by atoms with E-state index in [4.69, 9.17) is 18.9 Å². The Morgan fingerprint density at radius 1 is 0.851 bits per heavy atom. The van der Waals surface area contributed by atoms with Gasteiger partial charge in [-0.05, 0) is 34.4 Å². The Kier molecular flexibility index (Phi) is 12.3. The molecule has 3 N–H and O–H groups in total. The average Bonchev–Trinajstić information content (AvgIpc) is 3.13. The molecule has 5 rings (SSSR count). The number of para-hydroxylation sites is 1. The summed E-state index contributed by atoms with van der Waals surface area (Å²) >= 11 is 1.68. The first-order valence-corrected chi connectivity index (χ1v) is 16.5. The van der Waals surface area contributed by atoms with E-state index in [0.717, 1.165) is 38.5 Å². The molecule has 1 heterocycles. The zero-order valence-corrected chi connectivity index (χ0v) is 27.3. The lowest BCUT2D eigenvalue weighted by Gasteiger charge is -2.36. The van der Waals surface area contributed by atoms with E-state index < -0.39 is 24.3 Å². The highest BCUT2D eigenvalue weighted by molar-refractivity contribution is 7.99. The number of carbonyl (C=O) groups is 2. The molecule has 0 radical (unpaired) electrons. The quantitative estimate of drug-likeness (QED) is 0.117.